The van der Waals surface area contributed by atoms with Crippen molar-refractivity contribution in [2.24, 2.45) is 0 Å². The molecule has 0 radical (unpaired) electrons. The normalized spacial score (nSPS) is 10.6. The van der Waals surface area contributed by atoms with Crippen LogP contribution in [0, 0.1) is 0 Å². The molecule has 0 amide bonds. The highest BCUT2D eigenvalue weighted by Gasteiger charge is 1.87. The molecule has 0 spiro atoms. The van der Waals surface area contributed by atoms with Gasteiger partial charge in [0.05, 0.1) is 1.37 Å². The van der Waals surface area contributed by atoms with Gasteiger partial charge in [-0.05, 0) is 12.1 Å². The van der Waals surface area contributed by atoms with Crippen LogP contribution in [0.2, 0.25) is 0 Å². The summed E-state index contributed by atoms with van der Waals surface area (Å²) >= 11 is 3.19. The smallest absolute Gasteiger partial charge is 0.150 e. The van der Waals surface area contributed by atoms with Crippen molar-refractivity contribution < 1.29 is 6.17 Å². The molecule has 1 rings (SSSR count). The molecule has 1 nitrogen and oxygen atoms in total. The van der Waals surface area contributed by atoms with Crippen LogP contribution in [-0.2, 0) is 0 Å². The monoisotopic (exact) mass is 185 g/mol. The molecule has 46 valence electrons. The lowest BCUT2D eigenvalue weighted by molar-refractivity contribution is 0.112. The Kier molecular flexibility index (Phi) is 1.60. The summed E-state index contributed by atoms with van der Waals surface area (Å²) in [6.07, 6.45) is 0.674. The van der Waals surface area contributed by atoms with Crippen molar-refractivity contribution in [3.05, 3.63) is 34.3 Å². The van der Waals surface area contributed by atoms with E-state index in [2.05, 4.69) is 15.9 Å². The highest BCUT2D eigenvalue weighted by atomic mass is 79.9. The molecule has 1 aromatic carbocycles. The van der Waals surface area contributed by atoms with Gasteiger partial charge in [-0.3, -0.25) is 4.79 Å². The van der Waals surface area contributed by atoms with E-state index in [1.54, 1.807) is 18.2 Å². The van der Waals surface area contributed by atoms with Crippen molar-refractivity contribution in [1.29, 1.82) is 0 Å². The van der Waals surface area contributed by atoms with Crippen LogP contribution in [0.3, 0.4) is 0 Å². The van der Waals surface area contributed by atoms with Gasteiger partial charge < -0.3 is 0 Å². The van der Waals surface area contributed by atoms with Crippen molar-refractivity contribution >= 4 is 22.2 Å². The third kappa shape index (κ3) is 1.64. The third-order valence-corrected chi connectivity index (χ3v) is 1.41. The Morgan fingerprint density at radius 3 is 3.11 bits per heavy atom. The third-order valence-electron chi connectivity index (χ3n) is 0.913. The van der Waals surface area contributed by atoms with Gasteiger partial charge in [-0.25, -0.2) is 0 Å². The first kappa shape index (κ1) is 5.18. The van der Waals surface area contributed by atoms with Crippen LogP contribution in [0.4, 0.5) is 0 Å². The zero-order valence-electron chi connectivity index (χ0n) is 5.60. The van der Waals surface area contributed by atoms with Crippen molar-refractivity contribution in [2.75, 3.05) is 0 Å². The van der Waals surface area contributed by atoms with Gasteiger partial charge in [-0.15, -0.1) is 0 Å². The van der Waals surface area contributed by atoms with E-state index in [-0.39, 0.29) is 6.04 Å². The Hall–Kier alpha value is -0.630. The number of aldehydes is 1. The fraction of sp³-hybridized carbons (Fsp3) is 0. The van der Waals surface area contributed by atoms with E-state index in [1.165, 1.54) is 0 Å². The number of carbonyl (C=O) groups is 1. The summed E-state index contributed by atoms with van der Waals surface area (Å²) in [7, 11) is 0. The maximum atomic E-state index is 10.2. The Bertz CT molecular complexity index is 260. The van der Waals surface area contributed by atoms with Crippen LogP contribution in [0.1, 0.15) is 11.7 Å². The minimum Gasteiger partial charge on any atom is -0.298 e. The Morgan fingerprint density at radius 1 is 1.78 bits per heavy atom. The zero-order valence-corrected chi connectivity index (χ0v) is 6.18. The number of rotatable bonds is 1. The fourth-order valence-electron chi connectivity index (χ4n) is 0.524. The number of carbonyl (C=O) groups excluding carboxylic acids is 1. The quantitative estimate of drug-likeness (QED) is 0.614. The Morgan fingerprint density at radius 2 is 2.56 bits per heavy atom. The van der Waals surface area contributed by atoms with E-state index in [1.807, 2.05) is 0 Å². The maximum Gasteiger partial charge on any atom is 0.150 e. The van der Waals surface area contributed by atoms with Gasteiger partial charge in [0.1, 0.15) is 6.29 Å². The first-order valence-corrected chi connectivity index (χ1v) is 3.24. The molecule has 0 aromatic heterocycles. The van der Waals surface area contributed by atoms with Crippen molar-refractivity contribution in [2.45, 2.75) is 0 Å². The zero-order chi connectivity index (χ0) is 7.56. The SMILES string of the molecule is [2H]c1ccc(Br)cc1C=O. The average molecular weight is 186 g/mol. The summed E-state index contributed by atoms with van der Waals surface area (Å²) in [6.45, 7) is 0. The molecule has 0 saturated carbocycles. The van der Waals surface area contributed by atoms with Crippen LogP contribution in [0.5, 0.6) is 0 Å². The molecule has 0 atom stereocenters. The highest BCUT2D eigenvalue weighted by Crippen LogP contribution is 2.09. The molecule has 0 aliphatic carbocycles. The average Bonchev–Trinajstić information content (AvgIpc) is 1.94. The molecule has 0 saturated heterocycles. The molecular formula is C7H5BrO. The second-order valence-corrected chi connectivity index (χ2v) is 2.50. The minimum absolute atomic E-state index is 0.262. The van der Waals surface area contributed by atoms with Crippen LogP contribution >= 0.6 is 15.9 Å². The number of hydrogen-bond donors (Lipinski definition) is 0. The van der Waals surface area contributed by atoms with Crippen molar-refractivity contribution in [3.8, 4) is 0 Å². The standard InChI is InChI=1S/C7H5BrO/c8-7-3-1-2-6(4-7)5-9/h1-5H/i2D. The van der Waals surface area contributed by atoms with Crippen LogP contribution in [0.15, 0.2) is 28.7 Å². The molecule has 0 aliphatic rings. The van der Waals surface area contributed by atoms with E-state index < -0.39 is 0 Å². The van der Waals surface area contributed by atoms with Gasteiger partial charge in [0.25, 0.3) is 0 Å². The molecule has 0 unspecified atom stereocenters. The molecule has 0 bridgehead atoms. The van der Waals surface area contributed by atoms with Crippen molar-refractivity contribution in [3.63, 3.8) is 0 Å². The number of benzene rings is 1. The Labute approximate surface area is 63.2 Å². The van der Waals surface area contributed by atoms with Crippen LogP contribution < -0.4 is 0 Å². The molecule has 1 aromatic rings. The highest BCUT2D eigenvalue weighted by molar-refractivity contribution is 9.10. The minimum atomic E-state index is 0.262. The van der Waals surface area contributed by atoms with E-state index >= 15 is 0 Å². The second-order valence-electron chi connectivity index (χ2n) is 1.58. The van der Waals surface area contributed by atoms with E-state index in [4.69, 9.17) is 1.37 Å². The van der Waals surface area contributed by atoms with Gasteiger partial charge in [-0.1, -0.05) is 28.0 Å². The topological polar surface area (TPSA) is 17.1 Å². The molecule has 0 heterocycles. The van der Waals surface area contributed by atoms with Gasteiger partial charge in [0.15, 0.2) is 0 Å². The molecule has 0 N–H and O–H groups in total. The molecular weight excluding hydrogens is 180 g/mol. The lowest BCUT2D eigenvalue weighted by atomic mass is 10.2. The summed E-state index contributed by atoms with van der Waals surface area (Å²) < 4.78 is 8.04. The fourth-order valence-corrected chi connectivity index (χ4v) is 0.903. The first-order valence-electron chi connectivity index (χ1n) is 2.95. The number of halogens is 1. The maximum absolute atomic E-state index is 10.2. The van der Waals surface area contributed by atoms with Gasteiger partial charge in [0, 0.05) is 10.0 Å². The van der Waals surface area contributed by atoms with Gasteiger partial charge in [0.2, 0.25) is 0 Å². The summed E-state index contributed by atoms with van der Waals surface area (Å²) in [5, 5.41) is 0. The number of hydrogen-bond acceptors (Lipinski definition) is 1. The first-order chi connectivity index (χ1) is 4.74. The summed E-state index contributed by atoms with van der Waals surface area (Å²) in [5.74, 6) is 0. The predicted molar refractivity (Wildman–Crippen MR) is 39.5 cm³/mol. The molecule has 0 aliphatic heterocycles. The summed E-state index contributed by atoms with van der Waals surface area (Å²) in [5.41, 5.74) is 0.411. The van der Waals surface area contributed by atoms with Gasteiger partial charge in [-0.2, -0.15) is 0 Å². The second kappa shape index (κ2) is 2.78. The Balaban J connectivity index is 3.21. The van der Waals surface area contributed by atoms with Crippen molar-refractivity contribution in [1.82, 2.24) is 0 Å². The van der Waals surface area contributed by atoms with E-state index in [0.717, 1.165) is 4.47 Å². The van der Waals surface area contributed by atoms with Gasteiger partial charge >= 0.3 is 0 Å². The molecule has 9 heavy (non-hydrogen) atoms. The lowest BCUT2D eigenvalue weighted by Crippen LogP contribution is -1.75. The molecule has 0 fully saturated rings. The molecule has 2 heteroatoms. The van der Waals surface area contributed by atoms with Crippen LogP contribution in [-0.4, -0.2) is 6.29 Å². The lowest BCUT2D eigenvalue weighted by Gasteiger charge is -1.88. The summed E-state index contributed by atoms with van der Waals surface area (Å²) in [4.78, 5) is 10.2. The largest absolute Gasteiger partial charge is 0.298 e. The van der Waals surface area contributed by atoms with E-state index in [9.17, 15) is 4.79 Å². The predicted octanol–water partition coefficient (Wildman–Crippen LogP) is 2.26. The van der Waals surface area contributed by atoms with Crippen LogP contribution in [0.25, 0.3) is 0 Å². The summed E-state index contributed by atoms with van der Waals surface area (Å²) in [6, 6.07) is 5.19. The van der Waals surface area contributed by atoms with E-state index in [0.29, 0.717) is 11.8 Å².